The topological polar surface area (TPSA) is 29.0 Å². The second kappa shape index (κ2) is 4.26. The van der Waals surface area contributed by atoms with Crippen molar-refractivity contribution in [3.63, 3.8) is 0 Å². The van der Waals surface area contributed by atoms with Crippen LogP contribution in [0.1, 0.15) is 27.7 Å². The molecule has 0 aliphatic carbocycles. The number of rotatable bonds is 2. The molecule has 0 amide bonds. The number of fused-ring (bicyclic) bond motifs is 1. The highest BCUT2D eigenvalue weighted by atomic mass is 32.1. The number of nitrogens with zero attached hydrogens (tertiary/aromatic N) is 3. The van der Waals surface area contributed by atoms with Crippen LogP contribution >= 0.6 is 11.3 Å². The Bertz CT molecular complexity index is 513. The summed E-state index contributed by atoms with van der Waals surface area (Å²) in [5.74, 6) is 1.03. The van der Waals surface area contributed by atoms with E-state index >= 15 is 0 Å². The predicted octanol–water partition coefficient (Wildman–Crippen LogP) is 3.56. The second-order valence-corrected chi connectivity index (χ2v) is 6.38. The summed E-state index contributed by atoms with van der Waals surface area (Å²) in [5.41, 5.74) is 0.224. The number of thiophene rings is 1. The van der Waals surface area contributed by atoms with Crippen LogP contribution in [0.25, 0.3) is 10.2 Å². The zero-order chi connectivity index (χ0) is 12.6. The lowest BCUT2D eigenvalue weighted by Gasteiger charge is -2.36. The first-order valence-electron chi connectivity index (χ1n) is 5.82. The van der Waals surface area contributed by atoms with E-state index in [2.05, 4.69) is 61.1 Å². The largest absolute Gasteiger partial charge is 0.356 e. The van der Waals surface area contributed by atoms with Crippen LogP contribution < -0.4 is 4.90 Å². The van der Waals surface area contributed by atoms with Gasteiger partial charge in [-0.3, -0.25) is 0 Å². The molecular weight excluding hydrogens is 230 g/mol. The van der Waals surface area contributed by atoms with Gasteiger partial charge >= 0.3 is 0 Å². The molecule has 92 valence electrons. The second-order valence-electron chi connectivity index (χ2n) is 5.49. The SMILES string of the molecule is CC(N(C)c1ncnc2sccc12)C(C)(C)C. The minimum Gasteiger partial charge on any atom is -0.356 e. The quantitative estimate of drug-likeness (QED) is 0.815. The van der Waals surface area contributed by atoms with Gasteiger partial charge in [-0.15, -0.1) is 11.3 Å². The molecular formula is C13H19N3S. The monoisotopic (exact) mass is 249 g/mol. The van der Waals surface area contributed by atoms with Gasteiger partial charge in [-0.2, -0.15) is 0 Å². The van der Waals surface area contributed by atoms with E-state index in [9.17, 15) is 0 Å². The summed E-state index contributed by atoms with van der Waals surface area (Å²) in [5, 5.41) is 3.22. The van der Waals surface area contributed by atoms with Gasteiger partial charge in [0.25, 0.3) is 0 Å². The van der Waals surface area contributed by atoms with E-state index in [1.54, 1.807) is 17.7 Å². The van der Waals surface area contributed by atoms with E-state index in [0.717, 1.165) is 16.0 Å². The van der Waals surface area contributed by atoms with Crippen molar-refractivity contribution in [3.05, 3.63) is 17.8 Å². The van der Waals surface area contributed by atoms with Crippen molar-refractivity contribution in [3.8, 4) is 0 Å². The summed E-state index contributed by atoms with van der Waals surface area (Å²) >= 11 is 1.66. The van der Waals surface area contributed by atoms with E-state index in [1.807, 2.05) is 0 Å². The van der Waals surface area contributed by atoms with Crippen molar-refractivity contribution in [1.29, 1.82) is 0 Å². The molecule has 2 aromatic heterocycles. The molecule has 17 heavy (non-hydrogen) atoms. The Hall–Kier alpha value is -1.16. The molecule has 0 aliphatic heterocycles. The standard InChI is InChI=1S/C13H19N3S/c1-9(13(2,3)4)16(5)11-10-6-7-17-12(10)15-8-14-11/h6-9H,1-5H3. The molecule has 0 aromatic carbocycles. The number of hydrogen-bond acceptors (Lipinski definition) is 4. The van der Waals surface area contributed by atoms with Crippen molar-refractivity contribution < 1.29 is 0 Å². The van der Waals surface area contributed by atoms with E-state index in [4.69, 9.17) is 0 Å². The third-order valence-electron chi connectivity index (χ3n) is 3.41. The van der Waals surface area contributed by atoms with Crippen LogP contribution in [0.2, 0.25) is 0 Å². The van der Waals surface area contributed by atoms with Gasteiger partial charge in [-0.1, -0.05) is 20.8 Å². The molecule has 2 heterocycles. The molecule has 4 heteroatoms. The first-order valence-corrected chi connectivity index (χ1v) is 6.70. The summed E-state index contributed by atoms with van der Waals surface area (Å²) in [6.45, 7) is 8.99. The maximum absolute atomic E-state index is 4.44. The average molecular weight is 249 g/mol. The highest BCUT2D eigenvalue weighted by Crippen LogP contribution is 2.31. The lowest BCUT2D eigenvalue weighted by Crippen LogP contribution is -2.39. The van der Waals surface area contributed by atoms with Crippen molar-refractivity contribution in [2.75, 3.05) is 11.9 Å². The molecule has 2 rings (SSSR count). The van der Waals surface area contributed by atoms with E-state index in [0.29, 0.717) is 6.04 Å². The van der Waals surface area contributed by atoms with Gasteiger partial charge in [-0.05, 0) is 23.8 Å². The van der Waals surface area contributed by atoms with Crippen LogP contribution in [0.3, 0.4) is 0 Å². The Kier molecular flexibility index (Phi) is 3.08. The molecule has 0 N–H and O–H groups in total. The Morgan fingerprint density at radius 1 is 1.29 bits per heavy atom. The van der Waals surface area contributed by atoms with Crippen LogP contribution in [0.4, 0.5) is 5.82 Å². The molecule has 0 saturated heterocycles. The molecule has 1 atom stereocenters. The molecule has 0 aliphatic rings. The van der Waals surface area contributed by atoms with E-state index < -0.39 is 0 Å². The van der Waals surface area contributed by atoms with E-state index in [-0.39, 0.29) is 5.41 Å². The van der Waals surface area contributed by atoms with Crippen LogP contribution in [0.5, 0.6) is 0 Å². The molecule has 0 radical (unpaired) electrons. The minimum absolute atomic E-state index is 0.224. The maximum Gasteiger partial charge on any atom is 0.140 e. The smallest absolute Gasteiger partial charge is 0.140 e. The van der Waals surface area contributed by atoms with Gasteiger partial charge in [0.2, 0.25) is 0 Å². The average Bonchev–Trinajstić information content (AvgIpc) is 2.73. The van der Waals surface area contributed by atoms with Crippen LogP contribution in [0.15, 0.2) is 17.8 Å². The molecule has 0 saturated carbocycles. The lowest BCUT2D eigenvalue weighted by atomic mass is 9.87. The fourth-order valence-electron chi connectivity index (χ4n) is 1.82. The normalized spacial score (nSPS) is 13.9. The van der Waals surface area contributed by atoms with Gasteiger partial charge in [0.1, 0.15) is 17.0 Å². The first kappa shape index (κ1) is 12.3. The van der Waals surface area contributed by atoms with Crippen molar-refractivity contribution >= 4 is 27.4 Å². The summed E-state index contributed by atoms with van der Waals surface area (Å²) in [4.78, 5) is 12.0. The summed E-state index contributed by atoms with van der Waals surface area (Å²) < 4.78 is 0. The molecule has 3 nitrogen and oxygen atoms in total. The number of hydrogen-bond donors (Lipinski definition) is 0. The Balaban J connectivity index is 2.43. The fraction of sp³-hybridized carbons (Fsp3) is 0.538. The first-order chi connectivity index (χ1) is 7.91. The highest BCUT2D eigenvalue weighted by Gasteiger charge is 2.25. The zero-order valence-electron chi connectivity index (χ0n) is 11.1. The summed E-state index contributed by atoms with van der Waals surface area (Å²) in [6.07, 6.45) is 1.65. The molecule has 0 bridgehead atoms. The number of anilines is 1. The molecule has 0 spiro atoms. The Morgan fingerprint density at radius 2 is 2.00 bits per heavy atom. The van der Waals surface area contributed by atoms with Crippen LogP contribution in [-0.2, 0) is 0 Å². The third-order valence-corrected chi connectivity index (χ3v) is 4.23. The van der Waals surface area contributed by atoms with Gasteiger partial charge < -0.3 is 4.90 Å². The maximum atomic E-state index is 4.44. The summed E-state index contributed by atoms with van der Waals surface area (Å²) in [7, 11) is 2.11. The minimum atomic E-state index is 0.224. The van der Waals surface area contributed by atoms with Gasteiger partial charge in [0.15, 0.2) is 0 Å². The van der Waals surface area contributed by atoms with Crippen molar-refractivity contribution in [2.45, 2.75) is 33.7 Å². The molecule has 2 aromatic rings. The fourth-order valence-corrected chi connectivity index (χ4v) is 2.55. The lowest BCUT2D eigenvalue weighted by molar-refractivity contribution is 0.329. The molecule has 0 fully saturated rings. The molecule has 1 unspecified atom stereocenters. The zero-order valence-corrected chi connectivity index (χ0v) is 11.9. The predicted molar refractivity (Wildman–Crippen MR) is 74.7 cm³/mol. The van der Waals surface area contributed by atoms with Crippen molar-refractivity contribution in [2.24, 2.45) is 5.41 Å². The summed E-state index contributed by atoms with van der Waals surface area (Å²) in [6, 6.07) is 2.52. The van der Waals surface area contributed by atoms with Gasteiger partial charge in [-0.25, -0.2) is 9.97 Å². The van der Waals surface area contributed by atoms with Gasteiger partial charge in [0.05, 0.1) is 5.39 Å². The highest BCUT2D eigenvalue weighted by molar-refractivity contribution is 7.16. The van der Waals surface area contributed by atoms with Crippen LogP contribution in [-0.4, -0.2) is 23.1 Å². The Morgan fingerprint density at radius 3 is 2.65 bits per heavy atom. The van der Waals surface area contributed by atoms with Crippen LogP contribution in [0, 0.1) is 5.41 Å². The van der Waals surface area contributed by atoms with Gasteiger partial charge in [0, 0.05) is 13.1 Å². The number of aromatic nitrogens is 2. The van der Waals surface area contributed by atoms with Crippen molar-refractivity contribution in [1.82, 2.24) is 9.97 Å². The van der Waals surface area contributed by atoms with E-state index in [1.165, 1.54) is 0 Å². The third kappa shape index (κ3) is 2.27. The Labute approximate surface area is 107 Å².